The van der Waals surface area contributed by atoms with E-state index in [0.717, 1.165) is 18.3 Å². The van der Waals surface area contributed by atoms with Crippen LogP contribution in [-0.2, 0) is 26.0 Å². The van der Waals surface area contributed by atoms with Crippen LogP contribution in [0.1, 0.15) is 41.9 Å². The normalized spacial score (nSPS) is 19.9. The van der Waals surface area contributed by atoms with Crippen LogP contribution in [0.4, 0.5) is 23.2 Å². The molecule has 1 aromatic heterocycles. The van der Waals surface area contributed by atoms with Crippen LogP contribution in [-0.4, -0.2) is 80.2 Å². The summed E-state index contributed by atoms with van der Waals surface area (Å²) in [4.78, 5) is 17.5. The molecule has 2 aromatic carbocycles. The highest BCUT2D eigenvalue weighted by Gasteiger charge is 2.42. The van der Waals surface area contributed by atoms with Gasteiger partial charge in [0.05, 0.1) is 42.1 Å². The van der Waals surface area contributed by atoms with E-state index in [9.17, 15) is 26.4 Å². The molecule has 0 saturated carbocycles. The predicted molar refractivity (Wildman–Crippen MR) is 172 cm³/mol. The first-order valence-corrected chi connectivity index (χ1v) is 17.5. The topological polar surface area (TPSA) is 136 Å². The molecule has 2 fully saturated rings. The van der Waals surface area contributed by atoms with Crippen molar-refractivity contribution in [2.45, 2.75) is 55.7 Å². The molecule has 260 valence electrons. The highest BCUT2D eigenvalue weighted by Crippen LogP contribution is 2.34. The number of hydrogen-bond donors (Lipinski definition) is 3. The fourth-order valence-electron chi connectivity index (χ4n) is 6.26. The van der Waals surface area contributed by atoms with E-state index in [-0.39, 0.29) is 29.3 Å². The highest BCUT2D eigenvalue weighted by molar-refractivity contribution is 7.88. The van der Waals surface area contributed by atoms with Crippen molar-refractivity contribution >= 4 is 33.2 Å². The van der Waals surface area contributed by atoms with Gasteiger partial charge in [0.2, 0.25) is 15.9 Å². The Morgan fingerprint density at radius 1 is 1.19 bits per heavy atom. The smallest absolute Gasteiger partial charge is 0.406 e. The number of alkyl halides is 3. The van der Waals surface area contributed by atoms with E-state index in [1.165, 1.54) is 28.9 Å². The summed E-state index contributed by atoms with van der Waals surface area (Å²) in [6.45, 7) is 1.78. The molecule has 10 nitrogen and oxygen atoms in total. The second kappa shape index (κ2) is 14.6. The Morgan fingerprint density at radius 2 is 1.90 bits per heavy atom. The van der Waals surface area contributed by atoms with Gasteiger partial charge >= 0.3 is 6.36 Å². The van der Waals surface area contributed by atoms with Crippen molar-refractivity contribution in [1.82, 2.24) is 14.6 Å². The maximum atomic E-state index is 15.2. The number of anilines is 1. The quantitative estimate of drug-likeness (QED) is 0.260. The number of benzene rings is 2. The summed E-state index contributed by atoms with van der Waals surface area (Å²) in [6, 6.07) is 10.2. The van der Waals surface area contributed by atoms with Gasteiger partial charge in [-0.25, -0.2) is 17.1 Å². The number of nitrogens with zero attached hydrogens (tertiary/aromatic N) is 2. The van der Waals surface area contributed by atoms with E-state index in [1.807, 2.05) is 0 Å². The fraction of sp³-hybridized carbons (Fsp3) is 0.438. The first kappa shape index (κ1) is 36.0. The van der Waals surface area contributed by atoms with E-state index >= 15 is 4.39 Å². The van der Waals surface area contributed by atoms with Crippen LogP contribution in [0.2, 0.25) is 5.02 Å². The molecule has 0 aliphatic carbocycles. The lowest BCUT2D eigenvalue weighted by Crippen LogP contribution is -2.58. The number of carbonyl (C=O) groups excluding carboxylic acids is 1. The van der Waals surface area contributed by atoms with Gasteiger partial charge in [0.15, 0.2) is 0 Å². The van der Waals surface area contributed by atoms with Crippen LogP contribution in [0.25, 0.3) is 0 Å². The molecule has 3 aromatic rings. The summed E-state index contributed by atoms with van der Waals surface area (Å²) < 4.78 is 90.0. The average Bonchev–Trinajstić information content (AvgIpc) is 3.01. The van der Waals surface area contributed by atoms with Crippen molar-refractivity contribution in [2.75, 3.05) is 37.8 Å². The molecule has 3 heterocycles. The summed E-state index contributed by atoms with van der Waals surface area (Å²) in [5.74, 6) is -2.79. The number of morpholine rings is 1. The molecule has 4 N–H and O–H groups in total. The zero-order valence-electron chi connectivity index (χ0n) is 26.0. The number of halogens is 5. The van der Waals surface area contributed by atoms with Crippen LogP contribution in [0.3, 0.4) is 0 Å². The van der Waals surface area contributed by atoms with Gasteiger partial charge in [0.1, 0.15) is 11.6 Å². The van der Waals surface area contributed by atoms with Gasteiger partial charge in [-0.1, -0.05) is 35.9 Å². The van der Waals surface area contributed by atoms with E-state index in [2.05, 4.69) is 20.4 Å². The van der Waals surface area contributed by atoms with Crippen molar-refractivity contribution in [1.29, 1.82) is 0 Å². The van der Waals surface area contributed by atoms with E-state index in [4.69, 9.17) is 22.1 Å². The maximum absolute atomic E-state index is 15.2. The lowest BCUT2D eigenvalue weighted by molar-refractivity contribution is -0.274. The summed E-state index contributed by atoms with van der Waals surface area (Å²) in [5.41, 5.74) is 7.01. The molecule has 0 bridgehead atoms. The minimum Gasteiger partial charge on any atom is -0.406 e. The minimum atomic E-state index is -4.93. The van der Waals surface area contributed by atoms with Gasteiger partial charge in [0.25, 0.3) is 0 Å². The number of ether oxygens (including phenoxy) is 2. The average molecular weight is 714 g/mol. The number of hydrogen-bond acceptors (Lipinski definition) is 8. The molecule has 2 aliphatic rings. The molecule has 2 aliphatic heterocycles. The third-order valence-electron chi connectivity index (χ3n) is 8.66. The van der Waals surface area contributed by atoms with E-state index in [0.29, 0.717) is 56.0 Å². The molecule has 0 unspecified atom stereocenters. The number of aromatic nitrogens is 1. The Balaban J connectivity index is 1.31. The molecule has 1 amide bonds. The Kier molecular flexibility index (Phi) is 11.0. The number of piperidine rings is 1. The second-order valence-corrected chi connectivity index (χ2v) is 14.5. The number of rotatable bonds is 10. The van der Waals surface area contributed by atoms with Gasteiger partial charge < -0.3 is 25.8 Å². The van der Waals surface area contributed by atoms with Crippen LogP contribution in [0.15, 0.2) is 60.9 Å². The standard InChI is InChI=1S/C32H36ClF4N5O5S/c1-48(44,45)42-13-11-31(12-14-42)19-40-16-24(46-31)9-10-25-26(34)17-39-18-27(25)41-30(43)29(38)28(20-5-7-22(33)8-6-20)21-3-2-4-23(15-21)47-32(35,36)37/h2-8,15,17-18,24,28-29,40H,9-14,16,19,38H2,1H3,(H,41,43)/t24-,28+,29+/m1/s1. The van der Waals surface area contributed by atoms with Crippen molar-refractivity contribution in [3.8, 4) is 5.75 Å². The Hall–Kier alpha value is -3.34. The zero-order valence-corrected chi connectivity index (χ0v) is 27.5. The monoisotopic (exact) mass is 713 g/mol. The lowest BCUT2D eigenvalue weighted by Gasteiger charge is -2.46. The number of nitrogens with one attached hydrogen (secondary N) is 2. The lowest BCUT2D eigenvalue weighted by atomic mass is 9.85. The summed E-state index contributed by atoms with van der Waals surface area (Å²) in [6.07, 6.45) is -0.0984. The SMILES string of the molecule is CS(=O)(=O)N1CCC2(CC1)CNC[C@@H](CCc1c(F)cncc1NC(=O)[C@@H](N)[C@@H](c1ccc(Cl)cc1)c1cccc(OC(F)(F)F)c1)O2. The molecule has 0 radical (unpaired) electrons. The summed E-state index contributed by atoms with van der Waals surface area (Å²) in [7, 11) is -3.30. The molecule has 48 heavy (non-hydrogen) atoms. The highest BCUT2D eigenvalue weighted by atomic mass is 35.5. The third-order valence-corrected chi connectivity index (χ3v) is 10.2. The fourth-order valence-corrected chi connectivity index (χ4v) is 7.23. The van der Waals surface area contributed by atoms with E-state index < -0.39 is 51.4 Å². The molecular formula is C32H36ClF4N5O5S. The van der Waals surface area contributed by atoms with Gasteiger partial charge in [-0.3, -0.25) is 9.78 Å². The first-order chi connectivity index (χ1) is 22.6. The predicted octanol–water partition coefficient (Wildman–Crippen LogP) is 4.59. The molecule has 16 heteroatoms. The summed E-state index contributed by atoms with van der Waals surface area (Å²) in [5, 5.41) is 6.44. The van der Waals surface area contributed by atoms with Gasteiger partial charge in [0, 0.05) is 42.7 Å². The largest absolute Gasteiger partial charge is 0.573 e. The molecule has 5 rings (SSSR count). The van der Waals surface area contributed by atoms with Gasteiger partial charge in [-0.2, -0.15) is 0 Å². The van der Waals surface area contributed by atoms with Crippen LogP contribution < -0.4 is 21.1 Å². The molecule has 3 atom stereocenters. The minimum absolute atomic E-state index is 0.0967. The van der Waals surface area contributed by atoms with Crippen molar-refractivity contribution in [3.05, 3.63) is 88.5 Å². The molecular weight excluding hydrogens is 678 g/mol. The number of carbonyl (C=O) groups is 1. The Labute approximate surface area is 281 Å². The maximum Gasteiger partial charge on any atom is 0.573 e. The molecule has 1 spiro atoms. The summed E-state index contributed by atoms with van der Waals surface area (Å²) >= 11 is 6.06. The number of sulfonamides is 1. The van der Waals surface area contributed by atoms with Crippen molar-refractivity contribution in [2.24, 2.45) is 5.73 Å². The van der Waals surface area contributed by atoms with E-state index in [1.54, 1.807) is 24.3 Å². The van der Waals surface area contributed by atoms with Crippen molar-refractivity contribution in [3.63, 3.8) is 0 Å². The van der Waals surface area contributed by atoms with Crippen LogP contribution >= 0.6 is 11.6 Å². The van der Waals surface area contributed by atoms with Gasteiger partial charge in [-0.15, -0.1) is 13.2 Å². The Bertz CT molecular complexity index is 1710. The third kappa shape index (κ3) is 9.01. The number of amides is 1. The Morgan fingerprint density at radius 3 is 2.56 bits per heavy atom. The first-order valence-electron chi connectivity index (χ1n) is 15.3. The molecule has 2 saturated heterocycles. The number of pyridine rings is 1. The number of nitrogens with two attached hydrogens (primary N) is 1. The van der Waals surface area contributed by atoms with Crippen molar-refractivity contribution < 1.29 is 40.2 Å². The second-order valence-electron chi connectivity index (χ2n) is 12.1. The zero-order chi connectivity index (χ0) is 34.7. The van der Waals surface area contributed by atoms with Crippen LogP contribution in [0, 0.1) is 5.82 Å². The van der Waals surface area contributed by atoms with Crippen LogP contribution in [0.5, 0.6) is 5.75 Å². The van der Waals surface area contributed by atoms with Gasteiger partial charge in [-0.05, 0) is 61.1 Å².